The molecule has 280 valence electrons. The molecule has 6 rings (SSSR count). The van der Waals surface area contributed by atoms with Gasteiger partial charge in [0.25, 0.3) is 0 Å². The van der Waals surface area contributed by atoms with E-state index in [0.29, 0.717) is 88.3 Å². The largest absolute Gasteiger partial charge is 0.481 e. The van der Waals surface area contributed by atoms with E-state index >= 15 is 4.39 Å². The number of pyridine rings is 2. The number of likely N-dealkylation sites (tertiary alicyclic amines) is 1. The average molecular weight is 766 g/mol. The van der Waals surface area contributed by atoms with E-state index in [2.05, 4.69) is 15.6 Å². The number of carbonyl (C=O) groups excluding carboxylic acids is 2. The van der Waals surface area contributed by atoms with Crippen LogP contribution in [0.15, 0.2) is 60.8 Å². The molecule has 2 amide bonds. The lowest BCUT2D eigenvalue weighted by atomic mass is 10.0. The van der Waals surface area contributed by atoms with Gasteiger partial charge in [-0.2, -0.15) is 0 Å². The van der Waals surface area contributed by atoms with Crippen LogP contribution in [0.4, 0.5) is 20.6 Å². The highest BCUT2D eigenvalue weighted by molar-refractivity contribution is 6.39. The number of amides is 2. The van der Waals surface area contributed by atoms with Gasteiger partial charge in [0, 0.05) is 67.1 Å². The van der Waals surface area contributed by atoms with Crippen molar-refractivity contribution in [3.8, 4) is 28.4 Å². The first-order chi connectivity index (χ1) is 25.3. The number of nitrogens with zero attached hydrogens (tertiary/aromatic N) is 4. The van der Waals surface area contributed by atoms with Gasteiger partial charge in [-0.05, 0) is 63.9 Å². The lowest BCUT2D eigenvalue weighted by Crippen LogP contribution is -2.43. The minimum Gasteiger partial charge on any atom is -0.481 e. The summed E-state index contributed by atoms with van der Waals surface area (Å²) in [6, 6.07) is 15.6. The first-order valence-electron chi connectivity index (χ1n) is 17.5. The molecule has 2 fully saturated rings. The van der Waals surface area contributed by atoms with Crippen molar-refractivity contribution in [2.24, 2.45) is 0 Å². The van der Waals surface area contributed by atoms with E-state index in [9.17, 15) is 14.7 Å². The molecule has 0 spiro atoms. The molecular formula is C39H43Cl2FN6O5. The molecule has 4 aromatic rings. The molecule has 2 aromatic carbocycles. The van der Waals surface area contributed by atoms with Gasteiger partial charge in [0.1, 0.15) is 5.60 Å². The fourth-order valence-corrected chi connectivity index (χ4v) is 7.09. The summed E-state index contributed by atoms with van der Waals surface area (Å²) in [5.74, 6) is -0.151. The lowest BCUT2D eigenvalue weighted by Gasteiger charge is -2.29. The van der Waals surface area contributed by atoms with Crippen molar-refractivity contribution in [2.75, 3.05) is 32.1 Å². The number of anilines is 2. The van der Waals surface area contributed by atoms with Crippen LogP contribution in [0.3, 0.4) is 0 Å². The van der Waals surface area contributed by atoms with E-state index < -0.39 is 23.6 Å². The van der Waals surface area contributed by atoms with Gasteiger partial charge < -0.3 is 30.1 Å². The Kier molecular flexibility index (Phi) is 11.7. The molecule has 0 aliphatic carbocycles. The number of aliphatic hydroxyl groups excluding tert-OH is 1. The van der Waals surface area contributed by atoms with Gasteiger partial charge in [-0.3, -0.25) is 14.7 Å². The summed E-state index contributed by atoms with van der Waals surface area (Å²) >= 11 is 14.0. The van der Waals surface area contributed by atoms with Crippen LogP contribution in [0.25, 0.3) is 22.5 Å². The zero-order valence-electron chi connectivity index (χ0n) is 30.1. The van der Waals surface area contributed by atoms with Crippen molar-refractivity contribution >= 4 is 46.6 Å². The van der Waals surface area contributed by atoms with Gasteiger partial charge in [0.15, 0.2) is 5.82 Å². The second-order valence-electron chi connectivity index (χ2n) is 14.3. The average Bonchev–Trinajstić information content (AvgIpc) is 3.73. The highest BCUT2D eigenvalue weighted by Crippen LogP contribution is 2.41. The molecule has 11 nitrogen and oxygen atoms in total. The van der Waals surface area contributed by atoms with Gasteiger partial charge in [-0.1, -0.05) is 47.5 Å². The summed E-state index contributed by atoms with van der Waals surface area (Å²) in [6.07, 6.45) is 2.40. The van der Waals surface area contributed by atoms with Crippen molar-refractivity contribution in [1.82, 2.24) is 25.1 Å². The van der Waals surface area contributed by atoms with Crippen LogP contribution >= 0.6 is 23.2 Å². The summed E-state index contributed by atoms with van der Waals surface area (Å²) in [5.41, 5.74) is 3.17. The lowest BCUT2D eigenvalue weighted by molar-refractivity contribution is -0.119. The fraction of sp³-hybridized carbons (Fsp3) is 0.385. The Bertz CT molecular complexity index is 1990. The van der Waals surface area contributed by atoms with E-state index in [4.69, 9.17) is 37.7 Å². The third-order valence-electron chi connectivity index (χ3n) is 9.08. The minimum atomic E-state index is -0.713. The molecule has 2 saturated heterocycles. The number of β-amino-alcohol motifs (C(OH)–C–C–N with tert-alkyl or cyclic N) is 1. The van der Waals surface area contributed by atoms with Crippen LogP contribution in [-0.2, 0) is 22.6 Å². The molecule has 0 radical (unpaired) electrons. The molecule has 0 unspecified atom stereocenters. The summed E-state index contributed by atoms with van der Waals surface area (Å²) in [6.45, 7) is 7.40. The zero-order valence-corrected chi connectivity index (χ0v) is 31.6. The number of nitrogens with one attached hydrogen (secondary N) is 2. The van der Waals surface area contributed by atoms with Gasteiger partial charge >= 0.3 is 6.09 Å². The Morgan fingerprint density at radius 3 is 2.53 bits per heavy atom. The first-order valence-corrected chi connectivity index (χ1v) is 18.2. The summed E-state index contributed by atoms with van der Waals surface area (Å²) in [4.78, 5) is 38.0. The van der Waals surface area contributed by atoms with E-state index in [-0.39, 0.29) is 36.6 Å². The van der Waals surface area contributed by atoms with Crippen LogP contribution < -0.4 is 15.4 Å². The second kappa shape index (κ2) is 16.3. The summed E-state index contributed by atoms with van der Waals surface area (Å²) in [7, 11) is 1.50. The van der Waals surface area contributed by atoms with E-state index in [1.165, 1.54) is 7.11 Å². The number of benzene rings is 2. The Labute approximate surface area is 318 Å². The number of aromatic nitrogens is 2. The Hall–Kier alpha value is -4.49. The van der Waals surface area contributed by atoms with Crippen molar-refractivity contribution in [1.29, 1.82) is 0 Å². The third-order valence-corrected chi connectivity index (χ3v) is 9.87. The number of hydrogen-bond acceptors (Lipinski definition) is 9. The molecule has 2 aliphatic rings. The van der Waals surface area contributed by atoms with Crippen LogP contribution in [0, 0.1) is 5.82 Å². The number of rotatable bonds is 11. The van der Waals surface area contributed by atoms with Crippen molar-refractivity contribution in [3.05, 3.63) is 87.8 Å². The predicted octanol–water partition coefficient (Wildman–Crippen LogP) is 7.59. The Balaban J connectivity index is 1.25. The normalized spacial score (nSPS) is 17.5. The maximum Gasteiger partial charge on any atom is 0.410 e. The quantitative estimate of drug-likeness (QED) is 0.142. The third kappa shape index (κ3) is 9.18. The van der Waals surface area contributed by atoms with Crippen molar-refractivity contribution < 1.29 is 28.6 Å². The number of aliphatic hydroxyl groups is 1. The number of halogens is 3. The van der Waals surface area contributed by atoms with E-state index in [1.54, 1.807) is 80.4 Å². The number of hydrogen-bond donors (Lipinski definition) is 3. The molecule has 4 heterocycles. The second-order valence-corrected chi connectivity index (χ2v) is 15.1. The van der Waals surface area contributed by atoms with Crippen LogP contribution in [0.2, 0.25) is 10.0 Å². The maximum atomic E-state index is 15.7. The maximum absolute atomic E-state index is 15.7. The smallest absolute Gasteiger partial charge is 0.410 e. The van der Waals surface area contributed by atoms with Crippen LogP contribution in [0.5, 0.6) is 5.88 Å². The Morgan fingerprint density at radius 1 is 1.06 bits per heavy atom. The molecular weight excluding hydrogens is 722 g/mol. The van der Waals surface area contributed by atoms with Crippen molar-refractivity contribution in [2.45, 2.75) is 70.9 Å². The van der Waals surface area contributed by atoms with Gasteiger partial charge in [0.05, 0.1) is 52.6 Å². The highest BCUT2D eigenvalue weighted by Gasteiger charge is 2.30. The molecule has 0 bridgehead atoms. The Morgan fingerprint density at radius 2 is 1.83 bits per heavy atom. The number of ether oxygens (including phenoxy) is 2. The fourth-order valence-electron chi connectivity index (χ4n) is 6.51. The molecule has 2 aliphatic heterocycles. The SMILES string of the molecule is COc1nc(-c2ccnc(-c3cccc(Nc4cccc(CN5CC[C@@H](O)C5)c4F)c3Cl)c2Cl)ccc1CN(C[C@@H]1CCC(=O)N1)C(=O)OC(C)(C)C. The zero-order chi connectivity index (χ0) is 37.9. The van der Waals surface area contributed by atoms with Crippen molar-refractivity contribution in [3.63, 3.8) is 0 Å². The molecule has 53 heavy (non-hydrogen) atoms. The molecule has 2 atom stereocenters. The summed E-state index contributed by atoms with van der Waals surface area (Å²) in [5, 5.41) is 16.5. The standard InChI is InChI=1S/C39H43Cl2FN6O5/c1-39(2,3)53-38(51)48(21-25-12-14-32(50)44-25)20-24-11-13-29(46-37(24)52-4)27-15-17-43-36(34(27)41)28-8-6-9-30(33(28)40)45-31-10-5-7-23(35(31)42)19-47-18-16-26(49)22-47/h5-11,13,15,17,25-26,45,49H,12,14,16,18-22H2,1-4H3,(H,44,50)/t25-,26+/m0/s1. The number of methoxy groups -OCH3 is 1. The van der Waals surface area contributed by atoms with E-state index in [1.807, 2.05) is 11.0 Å². The minimum absolute atomic E-state index is 0.0459. The highest BCUT2D eigenvalue weighted by atomic mass is 35.5. The first kappa shape index (κ1) is 38.2. The molecule has 2 aromatic heterocycles. The predicted molar refractivity (Wildman–Crippen MR) is 203 cm³/mol. The van der Waals surface area contributed by atoms with Crippen LogP contribution in [0.1, 0.15) is 51.2 Å². The van der Waals surface area contributed by atoms with Gasteiger partial charge in [-0.15, -0.1) is 0 Å². The molecule has 3 N–H and O–H groups in total. The monoisotopic (exact) mass is 764 g/mol. The summed E-state index contributed by atoms with van der Waals surface area (Å²) < 4.78 is 27.0. The van der Waals surface area contributed by atoms with Crippen LogP contribution in [-0.4, -0.2) is 81.4 Å². The van der Waals surface area contributed by atoms with E-state index in [0.717, 1.165) is 0 Å². The topological polar surface area (TPSA) is 129 Å². The van der Waals surface area contributed by atoms with Gasteiger partial charge in [-0.25, -0.2) is 14.2 Å². The number of carbonyl (C=O) groups is 2. The molecule has 14 heteroatoms. The molecule has 0 saturated carbocycles. The van der Waals surface area contributed by atoms with Gasteiger partial charge in [0.2, 0.25) is 11.8 Å².